The van der Waals surface area contributed by atoms with Crippen molar-refractivity contribution in [3.63, 3.8) is 0 Å². The molecule has 0 amide bonds. The Labute approximate surface area is 126 Å². The van der Waals surface area contributed by atoms with E-state index in [1.54, 1.807) is 6.26 Å². The Morgan fingerprint density at radius 1 is 1.35 bits per heavy atom. The third-order valence-electron chi connectivity index (χ3n) is 3.44. The molecule has 1 aliphatic rings. The average Bonchev–Trinajstić information content (AvgIpc) is 3.06. The van der Waals surface area contributed by atoms with E-state index in [0.717, 1.165) is 28.0 Å². The lowest BCUT2D eigenvalue weighted by atomic mass is 10.0. The van der Waals surface area contributed by atoms with Gasteiger partial charge in [0.2, 0.25) is 0 Å². The van der Waals surface area contributed by atoms with Gasteiger partial charge in [0.15, 0.2) is 0 Å². The summed E-state index contributed by atoms with van der Waals surface area (Å²) in [6.07, 6.45) is 4.12. The van der Waals surface area contributed by atoms with Crippen molar-refractivity contribution in [2.45, 2.75) is 25.7 Å². The van der Waals surface area contributed by atoms with E-state index in [1.165, 1.54) is 5.56 Å². The number of carbonyl (C=O) groups is 1. The lowest BCUT2D eigenvalue weighted by molar-refractivity contribution is -0.118. The van der Waals surface area contributed by atoms with E-state index in [2.05, 4.69) is 22.0 Å². The van der Waals surface area contributed by atoms with Crippen molar-refractivity contribution in [3.8, 4) is 5.75 Å². The minimum Gasteiger partial charge on any atom is -0.493 e. The van der Waals surface area contributed by atoms with Gasteiger partial charge in [0.1, 0.15) is 17.3 Å². The molecule has 0 radical (unpaired) electrons. The fourth-order valence-corrected chi connectivity index (χ4v) is 3.05. The third kappa shape index (κ3) is 2.96. The summed E-state index contributed by atoms with van der Waals surface area (Å²) in [5, 5.41) is 0. The largest absolute Gasteiger partial charge is 0.493 e. The number of fused-ring (bicyclic) bond motifs is 1. The van der Waals surface area contributed by atoms with E-state index >= 15 is 0 Å². The van der Waals surface area contributed by atoms with Gasteiger partial charge in [-0.2, -0.15) is 0 Å². The lowest BCUT2D eigenvalue weighted by Gasteiger charge is -2.08. The Bertz CT molecular complexity index is 617. The molecule has 104 valence electrons. The molecule has 1 aromatic carbocycles. The summed E-state index contributed by atoms with van der Waals surface area (Å²) in [5.74, 6) is 1.96. The van der Waals surface area contributed by atoms with E-state index in [-0.39, 0.29) is 5.78 Å². The Kier molecular flexibility index (Phi) is 3.92. The number of hydrogen-bond acceptors (Lipinski definition) is 3. The first-order valence-corrected chi connectivity index (χ1v) is 7.50. The molecule has 1 aliphatic heterocycles. The first-order valence-electron chi connectivity index (χ1n) is 6.70. The topological polar surface area (TPSA) is 39.4 Å². The Morgan fingerprint density at radius 2 is 2.25 bits per heavy atom. The number of Topliss-reactive ketones (excluding diaryl/α,β-unsaturated/α-hetero) is 1. The van der Waals surface area contributed by atoms with Gasteiger partial charge >= 0.3 is 0 Å². The number of ketones is 1. The average molecular weight is 335 g/mol. The lowest BCUT2D eigenvalue weighted by Crippen LogP contribution is -2.05. The molecule has 1 aromatic heterocycles. The van der Waals surface area contributed by atoms with Crippen molar-refractivity contribution in [2.75, 3.05) is 6.61 Å². The molecule has 0 unspecified atom stereocenters. The molecule has 0 atom stereocenters. The number of rotatable bonds is 5. The predicted octanol–water partition coefficient (Wildman–Crippen LogP) is 3.72. The van der Waals surface area contributed by atoms with Gasteiger partial charge in [-0.15, -0.1) is 0 Å². The van der Waals surface area contributed by atoms with Gasteiger partial charge in [-0.25, -0.2) is 0 Å². The van der Waals surface area contributed by atoms with Gasteiger partial charge in [0, 0.05) is 35.7 Å². The van der Waals surface area contributed by atoms with Crippen LogP contribution in [0.4, 0.5) is 0 Å². The minimum absolute atomic E-state index is 0.206. The van der Waals surface area contributed by atoms with Crippen LogP contribution in [0.5, 0.6) is 5.75 Å². The normalized spacial score (nSPS) is 13.1. The van der Waals surface area contributed by atoms with E-state index in [4.69, 9.17) is 9.15 Å². The van der Waals surface area contributed by atoms with Crippen LogP contribution < -0.4 is 4.74 Å². The molecule has 0 bridgehead atoms. The van der Waals surface area contributed by atoms with Crippen molar-refractivity contribution < 1.29 is 13.9 Å². The summed E-state index contributed by atoms with van der Waals surface area (Å²) in [6, 6.07) is 7.79. The monoisotopic (exact) mass is 334 g/mol. The van der Waals surface area contributed by atoms with Crippen molar-refractivity contribution in [1.82, 2.24) is 0 Å². The van der Waals surface area contributed by atoms with Crippen LogP contribution in [-0.2, 0) is 24.1 Å². The molecule has 0 spiro atoms. The molecule has 2 aromatic rings. The fraction of sp³-hybridized carbons (Fsp3) is 0.312. The summed E-state index contributed by atoms with van der Waals surface area (Å²) >= 11 is 3.49. The predicted molar refractivity (Wildman–Crippen MR) is 79.1 cm³/mol. The number of halogens is 1. The third-order valence-corrected chi connectivity index (χ3v) is 3.90. The van der Waals surface area contributed by atoms with Crippen LogP contribution in [0.15, 0.2) is 39.4 Å². The summed E-state index contributed by atoms with van der Waals surface area (Å²) in [6.45, 7) is 0.708. The van der Waals surface area contributed by atoms with Crippen LogP contribution in [0, 0.1) is 0 Å². The maximum absolute atomic E-state index is 12.1. The van der Waals surface area contributed by atoms with Crippen LogP contribution in [-0.4, -0.2) is 12.4 Å². The second-order valence-corrected chi connectivity index (χ2v) is 5.86. The molecule has 20 heavy (non-hydrogen) atoms. The van der Waals surface area contributed by atoms with Gasteiger partial charge in [-0.05, 0) is 29.8 Å². The number of aryl methyl sites for hydroxylation is 1. The van der Waals surface area contributed by atoms with E-state index in [9.17, 15) is 4.79 Å². The highest BCUT2D eigenvalue weighted by Gasteiger charge is 2.19. The second kappa shape index (κ2) is 5.83. The maximum Gasteiger partial charge on any atom is 0.137 e. The van der Waals surface area contributed by atoms with Crippen molar-refractivity contribution >= 4 is 21.7 Å². The standard InChI is InChI=1S/C16H15BrO3/c17-13-8-11-5-7-20-16(11)12(9-13)10-14(18)3-4-15-2-1-6-19-15/h1-2,6,8-9H,3-5,7,10H2. The molecule has 0 aliphatic carbocycles. The van der Waals surface area contributed by atoms with Gasteiger partial charge in [0.25, 0.3) is 0 Å². The molecule has 0 saturated heterocycles. The highest BCUT2D eigenvalue weighted by molar-refractivity contribution is 9.10. The van der Waals surface area contributed by atoms with Gasteiger partial charge in [0.05, 0.1) is 12.9 Å². The molecule has 2 heterocycles. The van der Waals surface area contributed by atoms with Crippen LogP contribution in [0.3, 0.4) is 0 Å². The number of ether oxygens (including phenoxy) is 1. The summed E-state index contributed by atoms with van der Waals surface area (Å²) in [5.41, 5.74) is 2.17. The van der Waals surface area contributed by atoms with Crippen LogP contribution >= 0.6 is 15.9 Å². The molecule has 3 rings (SSSR count). The highest BCUT2D eigenvalue weighted by atomic mass is 79.9. The van der Waals surface area contributed by atoms with Gasteiger partial charge in [-0.3, -0.25) is 4.79 Å². The quantitative estimate of drug-likeness (QED) is 0.836. The zero-order valence-corrected chi connectivity index (χ0v) is 12.6. The van der Waals surface area contributed by atoms with E-state index in [1.807, 2.05) is 18.2 Å². The van der Waals surface area contributed by atoms with Gasteiger partial charge < -0.3 is 9.15 Å². The maximum atomic E-state index is 12.1. The van der Waals surface area contributed by atoms with E-state index < -0.39 is 0 Å². The number of hydrogen-bond donors (Lipinski definition) is 0. The zero-order valence-electron chi connectivity index (χ0n) is 11.0. The molecule has 4 heteroatoms. The molecule has 3 nitrogen and oxygen atoms in total. The summed E-state index contributed by atoms with van der Waals surface area (Å²) < 4.78 is 11.9. The number of furan rings is 1. The minimum atomic E-state index is 0.206. The Morgan fingerprint density at radius 3 is 3.05 bits per heavy atom. The van der Waals surface area contributed by atoms with Crippen LogP contribution in [0.2, 0.25) is 0 Å². The fourth-order valence-electron chi connectivity index (χ4n) is 2.50. The molecular weight excluding hydrogens is 320 g/mol. The first kappa shape index (κ1) is 13.4. The van der Waals surface area contributed by atoms with Crippen molar-refractivity contribution in [2.24, 2.45) is 0 Å². The SMILES string of the molecule is O=C(CCc1ccco1)Cc1cc(Br)cc2c1OCC2. The van der Waals surface area contributed by atoms with Crippen LogP contribution in [0.25, 0.3) is 0 Å². The van der Waals surface area contributed by atoms with Gasteiger partial charge in [-0.1, -0.05) is 15.9 Å². The zero-order chi connectivity index (χ0) is 13.9. The summed E-state index contributed by atoms with van der Waals surface area (Å²) in [4.78, 5) is 12.1. The molecule has 0 fully saturated rings. The van der Waals surface area contributed by atoms with Crippen molar-refractivity contribution in [1.29, 1.82) is 0 Å². The molecule has 0 N–H and O–H groups in total. The highest BCUT2D eigenvalue weighted by Crippen LogP contribution is 2.33. The summed E-state index contributed by atoms with van der Waals surface area (Å²) in [7, 11) is 0. The Hall–Kier alpha value is -1.55. The molecular formula is C16H15BrO3. The Balaban J connectivity index is 1.67. The van der Waals surface area contributed by atoms with Crippen LogP contribution in [0.1, 0.15) is 23.3 Å². The molecule has 0 saturated carbocycles. The number of carbonyl (C=O) groups excluding carboxylic acids is 1. The van der Waals surface area contributed by atoms with Crippen molar-refractivity contribution in [3.05, 3.63) is 51.9 Å². The van der Waals surface area contributed by atoms with E-state index in [0.29, 0.717) is 25.9 Å². The smallest absolute Gasteiger partial charge is 0.137 e. The second-order valence-electron chi connectivity index (χ2n) is 4.95. The first-order chi connectivity index (χ1) is 9.72. The number of benzene rings is 1.